The zero-order valence-electron chi connectivity index (χ0n) is 10.7. The Morgan fingerprint density at radius 3 is 1.43 bits per heavy atom. The first kappa shape index (κ1) is 14.2. The molecule has 0 aliphatic heterocycles. The average molecular weight is 221 g/mol. The highest BCUT2D eigenvalue weighted by Gasteiger charge is 2.43. The van der Waals surface area contributed by atoms with Crippen LogP contribution in [-0.2, 0) is 9.09 Å². The van der Waals surface area contributed by atoms with E-state index in [4.69, 9.17) is 4.52 Å². The standard InChI is InChI=1S/C10H24NO2P/c1-9(2,3)13-14(12,11(7)8)10(4,5)6/h1-8H3. The van der Waals surface area contributed by atoms with Gasteiger partial charge < -0.3 is 4.52 Å². The van der Waals surface area contributed by atoms with E-state index in [-0.39, 0.29) is 10.8 Å². The summed E-state index contributed by atoms with van der Waals surface area (Å²) in [6.45, 7) is 11.6. The molecule has 0 heterocycles. The van der Waals surface area contributed by atoms with Gasteiger partial charge in [0.05, 0.1) is 10.8 Å². The second-order valence-corrected chi connectivity index (χ2v) is 9.11. The molecule has 0 bridgehead atoms. The zero-order chi connectivity index (χ0) is 11.8. The highest BCUT2D eigenvalue weighted by atomic mass is 31.2. The van der Waals surface area contributed by atoms with Crippen LogP contribution in [-0.4, -0.2) is 29.5 Å². The molecule has 0 fully saturated rings. The lowest BCUT2D eigenvalue weighted by Crippen LogP contribution is -2.32. The maximum Gasteiger partial charge on any atom is 0.277 e. The molecule has 0 aromatic heterocycles. The van der Waals surface area contributed by atoms with E-state index in [1.54, 1.807) is 18.8 Å². The van der Waals surface area contributed by atoms with Crippen molar-refractivity contribution < 1.29 is 9.09 Å². The van der Waals surface area contributed by atoms with Gasteiger partial charge in [-0.3, -0.25) is 4.57 Å². The fourth-order valence-corrected chi connectivity index (χ4v) is 3.57. The minimum atomic E-state index is -2.76. The molecule has 0 saturated heterocycles. The molecule has 0 amide bonds. The maximum atomic E-state index is 12.7. The van der Waals surface area contributed by atoms with Crippen molar-refractivity contribution in [3.63, 3.8) is 0 Å². The Balaban J connectivity index is 5.06. The molecular weight excluding hydrogens is 197 g/mol. The first-order valence-corrected chi connectivity index (χ1v) is 6.46. The summed E-state index contributed by atoms with van der Waals surface area (Å²) in [7, 11) is 0.843. The lowest BCUT2D eigenvalue weighted by molar-refractivity contribution is 0.114. The van der Waals surface area contributed by atoms with Crippen LogP contribution in [0.5, 0.6) is 0 Å². The topological polar surface area (TPSA) is 29.5 Å². The monoisotopic (exact) mass is 221 g/mol. The summed E-state index contributed by atoms with van der Waals surface area (Å²) in [5, 5.41) is -0.357. The number of nitrogens with zero attached hydrogens (tertiary/aromatic N) is 1. The van der Waals surface area contributed by atoms with Gasteiger partial charge in [0.15, 0.2) is 0 Å². The molecular formula is C10H24NO2P. The summed E-state index contributed by atoms with van der Waals surface area (Å²) in [6, 6.07) is 0. The normalized spacial score (nSPS) is 18.4. The smallest absolute Gasteiger partial charge is 0.277 e. The van der Waals surface area contributed by atoms with Crippen LogP contribution in [0.2, 0.25) is 0 Å². The van der Waals surface area contributed by atoms with Crippen molar-refractivity contribution in [2.45, 2.75) is 52.3 Å². The van der Waals surface area contributed by atoms with E-state index in [1.807, 2.05) is 41.5 Å². The lowest BCUT2D eigenvalue weighted by Gasteiger charge is -2.39. The van der Waals surface area contributed by atoms with Crippen molar-refractivity contribution >= 4 is 7.52 Å². The summed E-state index contributed by atoms with van der Waals surface area (Å²) in [4.78, 5) is 0. The molecule has 0 saturated carbocycles. The van der Waals surface area contributed by atoms with E-state index < -0.39 is 7.52 Å². The first-order chi connectivity index (χ1) is 5.90. The molecule has 14 heavy (non-hydrogen) atoms. The fourth-order valence-electron chi connectivity index (χ4n) is 1.19. The van der Waals surface area contributed by atoms with E-state index in [0.29, 0.717) is 0 Å². The van der Waals surface area contributed by atoms with Gasteiger partial charge in [-0.2, -0.15) is 0 Å². The van der Waals surface area contributed by atoms with Crippen molar-refractivity contribution in [3.8, 4) is 0 Å². The second kappa shape index (κ2) is 3.96. The molecule has 0 rings (SSSR count). The zero-order valence-corrected chi connectivity index (χ0v) is 11.6. The molecule has 1 atom stereocenters. The highest BCUT2D eigenvalue weighted by molar-refractivity contribution is 7.58. The van der Waals surface area contributed by atoms with Gasteiger partial charge in [0, 0.05) is 0 Å². The molecule has 0 spiro atoms. The molecule has 0 aliphatic rings. The molecule has 0 radical (unpaired) electrons. The van der Waals surface area contributed by atoms with Crippen molar-refractivity contribution in [1.82, 2.24) is 4.67 Å². The number of hydrogen-bond acceptors (Lipinski definition) is 2. The van der Waals surface area contributed by atoms with Gasteiger partial charge in [0.2, 0.25) is 0 Å². The van der Waals surface area contributed by atoms with E-state index in [1.165, 1.54) is 0 Å². The molecule has 0 aliphatic carbocycles. The average Bonchev–Trinajstić information content (AvgIpc) is 1.79. The summed E-state index contributed by atoms with van der Waals surface area (Å²) < 4.78 is 20.1. The van der Waals surface area contributed by atoms with Gasteiger partial charge in [-0.05, 0) is 55.6 Å². The summed E-state index contributed by atoms with van der Waals surface area (Å²) in [6.07, 6.45) is 0. The molecule has 0 aromatic carbocycles. The van der Waals surface area contributed by atoms with E-state index >= 15 is 0 Å². The van der Waals surface area contributed by atoms with Crippen molar-refractivity contribution in [1.29, 1.82) is 0 Å². The summed E-state index contributed by atoms with van der Waals surface area (Å²) in [5.74, 6) is 0. The van der Waals surface area contributed by atoms with Crippen molar-refractivity contribution in [3.05, 3.63) is 0 Å². The van der Waals surface area contributed by atoms with E-state index in [9.17, 15) is 4.57 Å². The Kier molecular flexibility index (Phi) is 4.00. The Bertz CT molecular complexity index is 235. The van der Waals surface area contributed by atoms with Crippen LogP contribution < -0.4 is 0 Å². The van der Waals surface area contributed by atoms with Gasteiger partial charge in [-0.25, -0.2) is 4.67 Å². The Labute approximate surface area is 88.3 Å². The third-order valence-corrected chi connectivity index (χ3v) is 5.32. The predicted octanol–water partition coefficient (Wildman–Crippen LogP) is 3.35. The van der Waals surface area contributed by atoms with Crippen LogP contribution in [0.25, 0.3) is 0 Å². The lowest BCUT2D eigenvalue weighted by atomic mass is 10.2. The molecule has 1 unspecified atom stereocenters. The van der Waals surface area contributed by atoms with Gasteiger partial charge in [0.1, 0.15) is 0 Å². The Hall–Kier alpha value is 0.150. The molecule has 4 heteroatoms. The van der Waals surface area contributed by atoms with Gasteiger partial charge in [-0.15, -0.1) is 0 Å². The van der Waals surface area contributed by atoms with Crippen molar-refractivity contribution in [2.75, 3.05) is 14.1 Å². The Morgan fingerprint density at radius 1 is 1.00 bits per heavy atom. The van der Waals surface area contributed by atoms with Crippen LogP contribution in [0.4, 0.5) is 0 Å². The molecule has 0 N–H and O–H groups in total. The fraction of sp³-hybridized carbons (Fsp3) is 1.00. The summed E-state index contributed by atoms with van der Waals surface area (Å²) >= 11 is 0. The number of hydrogen-bond donors (Lipinski definition) is 0. The first-order valence-electron chi connectivity index (χ1n) is 4.89. The summed E-state index contributed by atoms with van der Waals surface area (Å²) in [5.41, 5.74) is -0.382. The third-order valence-electron chi connectivity index (χ3n) is 1.77. The van der Waals surface area contributed by atoms with Crippen LogP contribution >= 0.6 is 7.52 Å². The maximum absolute atomic E-state index is 12.7. The van der Waals surface area contributed by atoms with Crippen LogP contribution in [0.3, 0.4) is 0 Å². The van der Waals surface area contributed by atoms with Crippen LogP contribution in [0.1, 0.15) is 41.5 Å². The van der Waals surface area contributed by atoms with Crippen LogP contribution in [0.15, 0.2) is 0 Å². The predicted molar refractivity (Wildman–Crippen MR) is 61.9 cm³/mol. The van der Waals surface area contributed by atoms with E-state index in [0.717, 1.165) is 0 Å². The SMILES string of the molecule is CN(C)P(=O)(OC(C)(C)C)C(C)(C)C. The molecule has 0 aromatic rings. The van der Waals surface area contributed by atoms with E-state index in [2.05, 4.69) is 0 Å². The molecule has 3 nitrogen and oxygen atoms in total. The molecule has 86 valence electrons. The third kappa shape index (κ3) is 3.38. The van der Waals surface area contributed by atoms with Crippen LogP contribution in [0, 0.1) is 0 Å². The highest BCUT2D eigenvalue weighted by Crippen LogP contribution is 2.61. The quantitative estimate of drug-likeness (QED) is 0.670. The van der Waals surface area contributed by atoms with Crippen molar-refractivity contribution in [2.24, 2.45) is 0 Å². The minimum Gasteiger partial charge on any atom is -0.311 e. The van der Waals surface area contributed by atoms with Gasteiger partial charge >= 0.3 is 0 Å². The minimum absolute atomic E-state index is 0.357. The van der Waals surface area contributed by atoms with Gasteiger partial charge in [-0.1, -0.05) is 0 Å². The number of rotatable bonds is 2. The Morgan fingerprint density at radius 2 is 1.36 bits per heavy atom. The largest absolute Gasteiger partial charge is 0.311 e. The second-order valence-electron chi connectivity index (χ2n) is 5.74. The van der Waals surface area contributed by atoms with Gasteiger partial charge in [0.25, 0.3) is 7.52 Å².